The van der Waals surface area contributed by atoms with Crippen molar-refractivity contribution in [1.82, 2.24) is 14.6 Å². The standard InChI is InChI=1S/C34H39Cl2N3O5S/c1-22-19-26(20-23(2)32(22)36)44-18-6-9-29-28-12-11-25(35)21-30(28)37-33(29)34(41)38-45(42,43)27-14-16-39(17-15-27)31(40)13-10-24-7-4-3-5-8-24/h3-5,7-8,11-12,19-21,27,34,37-38,41H,6,9-10,13-18H2,1-2H3. The molecule has 5 rings (SSSR count). The molecule has 0 saturated carbocycles. The zero-order chi connectivity index (χ0) is 32.1. The number of aliphatic hydroxyl groups excluding tert-OH is 1. The van der Waals surface area contributed by atoms with Gasteiger partial charge in [-0.3, -0.25) is 4.79 Å². The van der Waals surface area contributed by atoms with Crippen molar-refractivity contribution in [3.63, 3.8) is 0 Å². The lowest BCUT2D eigenvalue weighted by Gasteiger charge is -2.32. The number of piperidine rings is 1. The molecule has 0 radical (unpaired) electrons. The van der Waals surface area contributed by atoms with Gasteiger partial charge in [-0.25, -0.2) is 8.42 Å². The summed E-state index contributed by atoms with van der Waals surface area (Å²) >= 11 is 12.5. The second-order valence-corrected chi connectivity index (χ2v) is 14.5. The number of hydrogen-bond donors (Lipinski definition) is 3. The number of amides is 1. The van der Waals surface area contributed by atoms with Gasteiger partial charge in [-0.2, -0.15) is 4.72 Å². The smallest absolute Gasteiger partial charge is 0.222 e. The maximum absolute atomic E-state index is 13.4. The minimum Gasteiger partial charge on any atom is -0.494 e. The number of rotatable bonds is 12. The number of fused-ring (bicyclic) bond motifs is 1. The predicted octanol–water partition coefficient (Wildman–Crippen LogP) is 6.64. The van der Waals surface area contributed by atoms with E-state index in [-0.39, 0.29) is 5.91 Å². The van der Waals surface area contributed by atoms with E-state index in [0.29, 0.717) is 74.5 Å². The Balaban J connectivity index is 1.21. The van der Waals surface area contributed by atoms with Crippen molar-refractivity contribution in [2.75, 3.05) is 19.7 Å². The summed E-state index contributed by atoms with van der Waals surface area (Å²) in [5.74, 6) is 0.756. The second kappa shape index (κ2) is 14.6. The SMILES string of the molecule is Cc1cc(OCCCc2c(C(O)NS(=O)(=O)C3CCN(C(=O)CCc4ccccc4)CC3)[nH]c3cc(Cl)ccc23)cc(C)c1Cl. The molecule has 240 valence electrons. The molecule has 0 aliphatic carbocycles. The topological polar surface area (TPSA) is 112 Å². The number of H-pyrrole nitrogens is 1. The van der Waals surface area contributed by atoms with Gasteiger partial charge in [-0.1, -0.05) is 59.6 Å². The van der Waals surface area contributed by atoms with E-state index in [1.165, 1.54) is 0 Å². The molecule has 0 spiro atoms. The molecule has 1 fully saturated rings. The fourth-order valence-electron chi connectivity index (χ4n) is 5.96. The van der Waals surface area contributed by atoms with Gasteiger partial charge in [-0.15, -0.1) is 0 Å². The van der Waals surface area contributed by atoms with Crippen LogP contribution in [0.3, 0.4) is 0 Å². The van der Waals surface area contributed by atoms with E-state index in [2.05, 4.69) is 9.71 Å². The van der Waals surface area contributed by atoms with Gasteiger partial charge in [0.1, 0.15) is 5.75 Å². The normalized spacial score (nSPS) is 15.0. The Hall–Kier alpha value is -3.08. The first-order valence-corrected chi connectivity index (χ1v) is 17.5. The Morgan fingerprint density at radius 3 is 2.42 bits per heavy atom. The quantitative estimate of drug-likeness (QED) is 0.116. The summed E-state index contributed by atoms with van der Waals surface area (Å²) in [6, 6.07) is 19.0. The lowest BCUT2D eigenvalue weighted by Crippen LogP contribution is -2.46. The number of carbonyl (C=O) groups excluding carboxylic acids is 1. The number of carbonyl (C=O) groups is 1. The van der Waals surface area contributed by atoms with Gasteiger partial charge in [-0.05, 0) is 92.5 Å². The molecule has 4 aromatic rings. The number of aliphatic hydroxyl groups is 1. The first-order chi connectivity index (χ1) is 21.5. The van der Waals surface area contributed by atoms with Crippen molar-refractivity contribution in [2.24, 2.45) is 0 Å². The van der Waals surface area contributed by atoms with Gasteiger partial charge in [0.15, 0.2) is 6.23 Å². The summed E-state index contributed by atoms with van der Waals surface area (Å²) in [5, 5.41) is 12.6. The molecule has 1 unspecified atom stereocenters. The number of likely N-dealkylation sites (tertiary alicyclic amines) is 1. The van der Waals surface area contributed by atoms with Crippen LogP contribution in [-0.4, -0.2) is 54.3 Å². The lowest BCUT2D eigenvalue weighted by molar-refractivity contribution is -0.132. The van der Waals surface area contributed by atoms with Gasteiger partial charge in [0.05, 0.1) is 17.6 Å². The molecule has 3 aromatic carbocycles. The van der Waals surface area contributed by atoms with Crippen LogP contribution in [0.2, 0.25) is 10.0 Å². The third-order valence-corrected chi connectivity index (χ3v) is 11.1. The Morgan fingerprint density at radius 1 is 1.04 bits per heavy atom. The minimum absolute atomic E-state index is 0.0226. The van der Waals surface area contributed by atoms with E-state index in [0.717, 1.165) is 38.4 Å². The summed E-state index contributed by atoms with van der Waals surface area (Å²) in [6.07, 6.45) is 1.31. The summed E-state index contributed by atoms with van der Waals surface area (Å²) < 4.78 is 35.3. The van der Waals surface area contributed by atoms with Crippen molar-refractivity contribution < 1.29 is 23.1 Å². The molecular weight excluding hydrogens is 633 g/mol. The molecule has 1 atom stereocenters. The van der Waals surface area contributed by atoms with Crippen LogP contribution in [0.4, 0.5) is 0 Å². The predicted molar refractivity (Wildman–Crippen MR) is 179 cm³/mol. The lowest BCUT2D eigenvalue weighted by atomic mass is 10.0. The average Bonchev–Trinajstić information content (AvgIpc) is 3.38. The summed E-state index contributed by atoms with van der Waals surface area (Å²) in [7, 11) is -3.89. The van der Waals surface area contributed by atoms with Crippen LogP contribution in [-0.2, 0) is 27.7 Å². The number of nitrogens with zero attached hydrogens (tertiary/aromatic N) is 1. The maximum atomic E-state index is 13.4. The number of hydrogen-bond acceptors (Lipinski definition) is 5. The van der Waals surface area contributed by atoms with Crippen LogP contribution in [0.1, 0.15) is 59.9 Å². The van der Waals surface area contributed by atoms with Gasteiger partial charge < -0.3 is 19.7 Å². The van der Waals surface area contributed by atoms with Gasteiger partial charge in [0, 0.05) is 40.5 Å². The fraction of sp³-hybridized carbons (Fsp3) is 0.382. The molecule has 45 heavy (non-hydrogen) atoms. The van der Waals surface area contributed by atoms with Crippen molar-refractivity contribution in [1.29, 1.82) is 0 Å². The number of halogens is 2. The number of benzene rings is 3. The zero-order valence-corrected chi connectivity index (χ0v) is 27.8. The molecule has 8 nitrogen and oxygen atoms in total. The van der Waals surface area contributed by atoms with Crippen molar-refractivity contribution in [2.45, 2.75) is 63.9 Å². The van der Waals surface area contributed by atoms with Crippen LogP contribution in [0.5, 0.6) is 5.75 Å². The van der Waals surface area contributed by atoms with E-state index in [1.54, 1.807) is 17.0 Å². The number of aromatic nitrogens is 1. The largest absolute Gasteiger partial charge is 0.494 e. The zero-order valence-electron chi connectivity index (χ0n) is 25.5. The highest BCUT2D eigenvalue weighted by Gasteiger charge is 2.34. The monoisotopic (exact) mass is 671 g/mol. The Labute approximate surface area is 274 Å². The molecule has 1 aliphatic heterocycles. The van der Waals surface area contributed by atoms with Gasteiger partial charge >= 0.3 is 0 Å². The molecule has 1 aromatic heterocycles. The number of nitrogens with one attached hydrogen (secondary N) is 2. The average molecular weight is 673 g/mol. The number of sulfonamides is 1. The third-order valence-electron chi connectivity index (χ3n) is 8.40. The van der Waals surface area contributed by atoms with Crippen LogP contribution in [0.15, 0.2) is 60.7 Å². The summed E-state index contributed by atoms with van der Waals surface area (Å²) in [6.45, 7) is 5.01. The van der Waals surface area contributed by atoms with Crippen LogP contribution < -0.4 is 9.46 Å². The maximum Gasteiger partial charge on any atom is 0.222 e. The first-order valence-electron chi connectivity index (χ1n) is 15.2. The van der Waals surface area contributed by atoms with Crippen molar-refractivity contribution in [3.05, 3.63) is 98.7 Å². The van der Waals surface area contributed by atoms with Crippen LogP contribution >= 0.6 is 23.2 Å². The Kier molecular flexibility index (Phi) is 10.8. The van der Waals surface area contributed by atoms with E-state index in [4.69, 9.17) is 27.9 Å². The molecule has 1 aliphatic rings. The molecule has 2 heterocycles. The molecule has 0 bridgehead atoms. The Morgan fingerprint density at radius 2 is 1.73 bits per heavy atom. The number of aryl methyl sites for hydroxylation is 4. The highest BCUT2D eigenvalue weighted by atomic mass is 35.5. The highest BCUT2D eigenvalue weighted by molar-refractivity contribution is 7.90. The highest BCUT2D eigenvalue weighted by Crippen LogP contribution is 2.31. The van der Waals surface area contributed by atoms with Crippen molar-refractivity contribution in [3.8, 4) is 5.75 Å². The second-order valence-electron chi connectivity index (χ2n) is 11.7. The summed E-state index contributed by atoms with van der Waals surface area (Å²) in [4.78, 5) is 17.7. The Bertz CT molecular complexity index is 1730. The first kappa shape index (κ1) is 33.3. The minimum atomic E-state index is -3.89. The van der Waals surface area contributed by atoms with E-state index >= 15 is 0 Å². The van der Waals surface area contributed by atoms with Gasteiger partial charge in [0.25, 0.3) is 0 Å². The number of aromatic amines is 1. The molecular formula is C34H39Cl2N3O5S. The molecule has 3 N–H and O–H groups in total. The third kappa shape index (κ3) is 8.20. The summed E-state index contributed by atoms with van der Waals surface area (Å²) in [5.41, 5.74) is 4.86. The number of ether oxygens (including phenoxy) is 1. The molecule has 1 saturated heterocycles. The molecule has 11 heteroatoms. The van der Waals surface area contributed by atoms with Gasteiger partial charge in [0.2, 0.25) is 15.9 Å². The molecule has 1 amide bonds. The van der Waals surface area contributed by atoms with Crippen molar-refractivity contribution >= 4 is 50.0 Å². The van der Waals surface area contributed by atoms with Crippen LogP contribution in [0, 0.1) is 13.8 Å². The van der Waals surface area contributed by atoms with E-state index < -0.39 is 21.5 Å². The fourth-order valence-corrected chi connectivity index (χ4v) is 7.69. The van der Waals surface area contributed by atoms with E-state index in [9.17, 15) is 18.3 Å². The van der Waals surface area contributed by atoms with E-state index in [1.807, 2.05) is 62.4 Å². The van der Waals surface area contributed by atoms with Crippen LogP contribution in [0.25, 0.3) is 10.9 Å².